The average molecular weight is 190 g/mol. The van der Waals surface area contributed by atoms with Gasteiger partial charge in [-0.25, -0.2) is 0 Å². The maximum Gasteiger partial charge on any atom is 0.332 e. The van der Waals surface area contributed by atoms with Crippen LogP contribution in [0.3, 0.4) is 0 Å². The number of alkyl halides is 2. The number of carbonyl (C=O) groups excluding carboxylic acids is 1. The first kappa shape index (κ1) is 8.87. The molecule has 0 aromatic rings. The molecule has 1 unspecified atom stereocenters. The Hall–Kier alpha value is -0.710. The van der Waals surface area contributed by atoms with Gasteiger partial charge in [0.2, 0.25) is 0 Å². The summed E-state index contributed by atoms with van der Waals surface area (Å²) in [4.78, 5) is 12.7. The highest BCUT2D eigenvalue weighted by Crippen LogP contribution is 2.46. The van der Waals surface area contributed by atoms with Gasteiger partial charge in [-0.05, 0) is 20.0 Å². The number of rotatable bonds is 0. The maximum atomic E-state index is 13.4. The van der Waals surface area contributed by atoms with Gasteiger partial charge in [0.05, 0.1) is 5.41 Å². The summed E-state index contributed by atoms with van der Waals surface area (Å²) in [6, 6.07) is 0. The van der Waals surface area contributed by atoms with E-state index in [1.165, 1.54) is 0 Å². The second kappa shape index (κ2) is 2.41. The van der Waals surface area contributed by atoms with E-state index in [1.807, 2.05) is 4.90 Å². The zero-order valence-corrected chi connectivity index (χ0v) is 7.44. The molecule has 0 aromatic carbocycles. The van der Waals surface area contributed by atoms with Crippen LogP contribution in [0.5, 0.6) is 0 Å². The molecule has 2 aliphatic heterocycles. The predicted octanol–water partition coefficient (Wildman–Crippen LogP) is 0.0734. The van der Waals surface area contributed by atoms with Crippen molar-refractivity contribution in [3.63, 3.8) is 0 Å². The van der Waals surface area contributed by atoms with Crippen LogP contribution >= 0.6 is 0 Å². The van der Waals surface area contributed by atoms with Crippen LogP contribution in [0.2, 0.25) is 0 Å². The van der Waals surface area contributed by atoms with Crippen LogP contribution in [0.1, 0.15) is 6.42 Å². The summed E-state index contributed by atoms with van der Waals surface area (Å²) in [7, 11) is 1.80. The fourth-order valence-corrected chi connectivity index (χ4v) is 2.19. The van der Waals surface area contributed by atoms with E-state index in [-0.39, 0.29) is 6.54 Å². The second-order valence-corrected chi connectivity index (χ2v) is 4.03. The van der Waals surface area contributed by atoms with E-state index >= 15 is 0 Å². The minimum atomic E-state index is -3.18. The summed E-state index contributed by atoms with van der Waals surface area (Å²) in [5.74, 6) is -4.29. The molecular weight excluding hydrogens is 178 g/mol. The number of nitrogens with zero attached hydrogens (tertiary/aromatic N) is 1. The molecule has 74 valence electrons. The highest BCUT2D eigenvalue weighted by Gasteiger charge is 2.65. The van der Waals surface area contributed by atoms with E-state index in [9.17, 15) is 13.6 Å². The molecule has 13 heavy (non-hydrogen) atoms. The Labute approximate surface area is 75.1 Å². The summed E-state index contributed by atoms with van der Waals surface area (Å²) in [6.07, 6.45) is 0.398. The number of hydrogen-bond donors (Lipinski definition) is 1. The molecule has 2 rings (SSSR count). The van der Waals surface area contributed by atoms with E-state index in [0.29, 0.717) is 19.5 Å². The fourth-order valence-electron chi connectivity index (χ4n) is 2.19. The van der Waals surface area contributed by atoms with Crippen LogP contribution in [0.4, 0.5) is 8.78 Å². The third kappa shape index (κ3) is 0.995. The third-order valence-corrected chi connectivity index (χ3v) is 3.08. The van der Waals surface area contributed by atoms with Gasteiger partial charge >= 0.3 is 5.92 Å². The van der Waals surface area contributed by atoms with E-state index in [4.69, 9.17) is 0 Å². The van der Waals surface area contributed by atoms with Gasteiger partial charge in [0.15, 0.2) is 0 Å². The normalized spacial score (nSPS) is 38.5. The van der Waals surface area contributed by atoms with Crippen molar-refractivity contribution in [1.82, 2.24) is 10.2 Å². The van der Waals surface area contributed by atoms with Crippen LogP contribution in [-0.4, -0.2) is 43.4 Å². The molecule has 0 aliphatic carbocycles. The van der Waals surface area contributed by atoms with Gasteiger partial charge in [0, 0.05) is 13.1 Å². The van der Waals surface area contributed by atoms with Gasteiger partial charge in [0.25, 0.3) is 5.91 Å². The van der Waals surface area contributed by atoms with Crippen molar-refractivity contribution in [1.29, 1.82) is 0 Å². The van der Waals surface area contributed by atoms with Crippen LogP contribution < -0.4 is 5.32 Å². The molecule has 2 heterocycles. The molecule has 1 amide bonds. The van der Waals surface area contributed by atoms with Crippen LogP contribution in [0, 0.1) is 5.41 Å². The molecule has 1 spiro atoms. The summed E-state index contributed by atoms with van der Waals surface area (Å²) in [5.41, 5.74) is -1.14. The number of halogens is 2. The molecule has 2 saturated heterocycles. The Kier molecular flexibility index (Phi) is 1.64. The lowest BCUT2D eigenvalue weighted by Gasteiger charge is -2.26. The van der Waals surface area contributed by atoms with Gasteiger partial charge < -0.3 is 10.2 Å². The topological polar surface area (TPSA) is 32.3 Å². The monoisotopic (exact) mass is 190 g/mol. The molecule has 1 atom stereocenters. The zero-order chi connectivity index (χ0) is 9.69. The number of hydrogen-bond acceptors (Lipinski definition) is 2. The molecule has 2 fully saturated rings. The molecule has 0 radical (unpaired) electrons. The van der Waals surface area contributed by atoms with Crippen LogP contribution in [-0.2, 0) is 4.79 Å². The minimum Gasteiger partial charge on any atom is -0.350 e. The van der Waals surface area contributed by atoms with Crippen LogP contribution in [0.25, 0.3) is 0 Å². The second-order valence-electron chi connectivity index (χ2n) is 4.03. The van der Waals surface area contributed by atoms with Gasteiger partial charge in [-0.3, -0.25) is 4.79 Å². The highest BCUT2D eigenvalue weighted by atomic mass is 19.3. The Morgan fingerprint density at radius 2 is 2.23 bits per heavy atom. The van der Waals surface area contributed by atoms with Gasteiger partial charge in [-0.2, -0.15) is 8.78 Å². The Balaban J connectivity index is 2.29. The third-order valence-electron chi connectivity index (χ3n) is 3.08. The number of amides is 1. The quantitative estimate of drug-likeness (QED) is 0.586. The lowest BCUT2D eigenvalue weighted by molar-refractivity contribution is -0.152. The first-order valence-corrected chi connectivity index (χ1v) is 4.33. The largest absolute Gasteiger partial charge is 0.350 e. The molecule has 1 N–H and O–H groups in total. The van der Waals surface area contributed by atoms with Crippen molar-refractivity contribution in [3.8, 4) is 0 Å². The average Bonchev–Trinajstić information content (AvgIpc) is 2.52. The van der Waals surface area contributed by atoms with Crippen molar-refractivity contribution in [2.45, 2.75) is 12.3 Å². The number of likely N-dealkylation sites (tertiary alicyclic amines) is 1. The smallest absolute Gasteiger partial charge is 0.332 e. The summed E-state index contributed by atoms with van der Waals surface area (Å²) >= 11 is 0. The summed E-state index contributed by atoms with van der Waals surface area (Å²) < 4.78 is 26.9. The molecule has 0 bridgehead atoms. The number of carbonyl (C=O) groups is 1. The fraction of sp³-hybridized carbons (Fsp3) is 0.875. The minimum absolute atomic E-state index is 0.114. The van der Waals surface area contributed by atoms with E-state index < -0.39 is 17.2 Å². The Morgan fingerprint density at radius 3 is 2.62 bits per heavy atom. The first-order valence-electron chi connectivity index (χ1n) is 4.33. The molecule has 0 aromatic heterocycles. The predicted molar refractivity (Wildman–Crippen MR) is 42.5 cm³/mol. The zero-order valence-electron chi connectivity index (χ0n) is 7.44. The van der Waals surface area contributed by atoms with Crippen molar-refractivity contribution in [3.05, 3.63) is 0 Å². The summed E-state index contributed by atoms with van der Waals surface area (Å²) in [6.45, 7) is 1.06. The van der Waals surface area contributed by atoms with Crippen molar-refractivity contribution < 1.29 is 13.6 Å². The SMILES string of the molecule is CN1CCC2(CNC(=O)C2(F)F)C1. The number of nitrogens with one attached hydrogen (secondary N) is 1. The molecular formula is C8H12F2N2O. The van der Waals surface area contributed by atoms with Crippen LogP contribution in [0.15, 0.2) is 0 Å². The molecule has 2 aliphatic rings. The lowest BCUT2D eigenvalue weighted by atomic mass is 9.83. The van der Waals surface area contributed by atoms with E-state index in [0.717, 1.165) is 0 Å². The van der Waals surface area contributed by atoms with Crippen molar-refractivity contribution in [2.75, 3.05) is 26.7 Å². The van der Waals surface area contributed by atoms with E-state index in [1.54, 1.807) is 7.05 Å². The Morgan fingerprint density at radius 1 is 1.54 bits per heavy atom. The van der Waals surface area contributed by atoms with E-state index in [2.05, 4.69) is 5.32 Å². The van der Waals surface area contributed by atoms with Gasteiger partial charge in [-0.1, -0.05) is 0 Å². The maximum absolute atomic E-state index is 13.4. The summed E-state index contributed by atoms with van der Waals surface area (Å²) in [5, 5.41) is 2.25. The highest BCUT2D eigenvalue weighted by molar-refractivity contribution is 5.87. The standard InChI is InChI=1S/C8H12F2N2O/c1-12-3-2-7(5-12)4-11-6(13)8(7,9)10/h2-5H2,1H3,(H,11,13). The lowest BCUT2D eigenvalue weighted by Crippen LogP contribution is -2.44. The molecule has 3 nitrogen and oxygen atoms in total. The van der Waals surface area contributed by atoms with Gasteiger partial charge in [-0.15, -0.1) is 0 Å². The van der Waals surface area contributed by atoms with Crippen molar-refractivity contribution in [2.24, 2.45) is 5.41 Å². The molecule has 0 saturated carbocycles. The van der Waals surface area contributed by atoms with Gasteiger partial charge in [0.1, 0.15) is 0 Å². The molecule has 5 heteroatoms. The Bertz CT molecular complexity index is 257. The van der Waals surface area contributed by atoms with Crippen molar-refractivity contribution >= 4 is 5.91 Å². The first-order chi connectivity index (χ1) is 5.98.